The zero-order valence-electron chi connectivity index (χ0n) is 17.7. The van der Waals surface area contributed by atoms with E-state index >= 15 is 0 Å². The predicted octanol–water partition coefficient (Wildman–Crippen LogP) is 4.13. The molecule has 0 fully saturated rings. The van der Waals surface area contributed by atoms with Crippen molar-refractivity contribution in [3.8, 4) is 0 Å². The quantitative estimate of drug-likeness (QED) is 0.542. The van der Waals surface area contributed by atoms with Crippen LogP contribution in [-0.4, -0.2) is 32.7 Å². The molecule has 0 bridgehead atoms. The lowest BCUT2D eigenvalue weighted by Gasteiger charge is -2.23. The molecule has 0 aliphatic carbocycles. The van der Waals surface area contributed by atoms with Crippen LogP contribution in [-0.2, 0) is 20.0 Å². The first-order valence-corrected chi connectivity index (χ1v) is 13.3. The Bertz CT molecular complexity index is 1390. The van der Waals surface area contributed by atoms with Crippen LogP contribution in [0.5, 0.6) is 0 Å². The molecule has 3 aromatic rings. The molecule has 0 saturated carbocycles. The molecule has 1 N–H and O–H groups in total. The number of nitrogens with one attached hydrogen (secondary N) is 1. The SMILES string of the molecule is CCS(=O)(=O)Nc1cccc(C2=NN(S(=O)(=O)c3ccccc3)[C@@H](c3ccc(F)cc3)C2)c1. The summed E-state index contributed by atoms with van der Waals surface area (Å²) in [5, 5.41) is 4.44. The molecule has 1 aliphatic rings. The highest BCUT2D eigenvalue weighted by Gasteiger charge is 2.37. The van der Waals surface area contributed by atoms with Gasteiger partial charge in [0.25, 0.3) is 10.0 Å². The van der Waals surface area contributed by atoms with Crippen molar-refractivity contribution in [3.63, 3.8) is 0 Å². The molecule has 7 nitrogen and oxygen atoms in total. The Labute approximate surface area is 192 Å². The van der Waals surface area contributed by atoms with Crippen LogP contribution in [0, 0.1) is 5.82 Å². The molecule has 4 rings (SSSR count). The summed E-state index contributed by atoms with van der Waals surface area (Å²) in [5.74, 6) is -0.500. The van der Waals surface area contributed by atoms with Crippen molar-refractivity contribution >= 4 is 31.4 Å². The molecule has 1 aliphatic heterocycles. The lowest BCUT2D eigenvalue weighted by Crippen LogP contribution is -2.27. The maximum atomic E-state index is 13.5. The van der Waals surface area contributed by atoms with Gasteiger partial charge in [-0.25, -0.2) is 12.8 Å². The van der Waals surface area contributed by atoms with Gasteiger partial charge >= 0.3 is 0 Å². The van der Waals surface area contributed by atoms with E-state index in [1.807, 2.05) is 0 Å². The van der Waals surface area contributed by atoms with Crippen LogP contribution in [0.2, 0.25) is 0 Å². The minimum Gasteiger partial charge on any atom is -0.284 e. The topological polar surface area (TPSA) is 95.9 Å². The van der Waals surface area contributed by atoms with Gasteiger partial charge in [-0.05, 0) is 54.4 Å². The highest BCUT2D eigenvalue weighted by Crippen LogP contribution is 2.37. The second kappa shape index (κ2) is 8.95. The average Bonchev–Trinajstić information content (AvgIpc) is 3.27. The van der Waals surface area contributed by atoms with Gasteiger partial charge in [-0.15, -0.1) is 0 Å². The number of sulfonamides is 2. The second-order valence-corrected chi connectivity index (χ2v) is 11.3. The average molecular weight is 488 g/mol. The van der Waals surface area contributed by atoms with Crippen LogP contribution in [0.4, 0.5) is 10.1 Å². The van der Waals surface area contributed by atoms with Gasteiger partial charge in [0.1, 0.15) is 5.82 Å². The molecule has 0 amide bonds. The van der Waals surface area contributed by atoms with Crippen LogP contribution in [0.15, 0.2) is 88.9 Å². The largest absolute Gasteiger partial charge is 0.284 e. The Kier molecular flexibility index (Phi) is 6.22. The second-order valence-electron chi connectivity index (χ2n) is 7.50. The zero-order chi connectivity index (χ0) is 23.6. The molecule has 1 atom stereocenters. The third-order valence-electron chi connectivity index (χ3n) is 5.26. The molecule has 3 aromatic carbocycles. The summed E-state index contributed by atoms with van der Waals surface area (Å²) in [6.07, 6.45) is 0.238. The minimum absolute atomic E-state index is 0.0755. The molecule has 0 unspecified atom stereocenters. The summed E-state index contributed by atoms with van der Waals surface area (Å²) in [4.78, 5) is 0.0894. The van der Waals surface area contributed by atoms with E-state index in [0.29, 0.717) is 22.5 Å². The van der Waals surface area contributed by atoms with E-state index in [1.54, 1.807) is 42.5 Å². The third-order valence-corrected chi connectivity index (χ3v) is 8.27. The Morgan fingerprint density at radius 3 is 2.33 bits per heavy atom. The molecule has 33 heavy (non-hydrogen) atoms. The van der Waals surface area contributed by atoms with Gasteiger partial charge in [0, 0.05) is 12.1 Å². The Balaban J connectivity index is 1.76. The standard InChI is InChI=1S/C23H22FN3O4S2/c1-2-32(28,29)26-20-8-6-7-18(15-20)22-16-23(17-11-13-19(24)14-12-17)27(25-22)33(30,31)21-9-4-3-5-10-21/h3-15,23,26H,2,16H2,1H3/t23-/m1/s1. The number of nitrogens with zero attached hydrogens (tertiary/aromatic N) is 2. The lowest BCUT2D eigenvalue weighted by atomic mass is 9.99. The summed E-state index contributed by atoms with van der Waals surface area (Å²) in [7, 11) is -7.46. The fourth-order valence-corrected chi connectivity index (χ4v) is 5.62. The molecule has 0 saturated heterocycles. The van der Waals surface area contributed by atoms with Gasteiger partial charge in [0.2, 0.25) is 10.0 Å². The van der Waals surface area contributed by atoms with Crippen molar-refractivity contribution in [1.29, 1.82) is 0 Å². The Morgan fingerprint density at radius 1 is 0.970 bits per heavy atom. The smallest absolute Gasteiger partial charge is 0.279 e. The van der Waals surface area contributed by atoms with Crippen molar-refractivity contribution in [1.82, 2.24) is 4.41 Å². The predicted molar refractivity (Wildman–Crippen MR) is 125 cm³/mol. The summed E-state index contributed by atoms with van der Waals surface area (Å²) in [6.45, 7) is 1.53. The van der Waals surface area contributed by atoms with E-state index in [-0.39, 0.29) is 17.1 Å². The number of rotatable bonds is 7. The highest BCUT2D eigenvalue weighted by molar-refractivity contribution is 7.92. The molecule has 0 aromatic heterocycles. The molecule has 172 valence electrons. The van der Waals surface area contributed by atoms with Crippen molar-refractivity contribution in [2.24, 2.45) is 5.10 Å². The first kappa shape index (κ1) is 22.9. The summed E-state index contributed by atoms with van der Waals surface area (Å²) < 4.78 is 67.8. The number of anilines is 1. The van der Waals surface area contributed by atoms with Gasteiger partial charge in [0.15, 0.2) is 0 Å². The van der Waals surface area contributed by atoms with Crippen LogP contribution < -0.4 is 4.72 Å². The lowest BCUT2D eigenvalue weighted by molar-refractivity contribution is 0.371. The van der Waals surface area contributed by atoms with E-state index in [4.69, 9.17) is 0 Å². The minimum atomic E-state index is -3.99. The molecule has 0 radical (unpaired) electrons. The summed E-state index contributed by atoms with van der Waals surface area (Å²) >= 11 is 0. The van der Waals surface area contributed by atoms with E-state index in [0.717, 1.165) is 4.41 Å². The number of halogens is 1. The van der Waals surface area contributed by atoms with E-state index in [1.165, 1.54) is 43.3 Å². The van der Waals surface area contributed by atoms with Crippen molar-refractivity contribution < 1.29 is 21.2 Å². The van der Waals surface area contributed by atoms with Gasteiger partial charge in [-0.1, -0.05) is 42.5 Å². The molecule has 10 heteroatoms. The highest BCUT2D eigenvalue weighted by atomic mass is 32.2. The number of hydrazone groups is 1. The fraction of sp³-hybridized carbons (Fsp3) is 0.174. The van der Waals surface area contributed by atoms with Crippen molar-refractivity contribution in [3.05, 3.63) is 95.8 Å². The number of benzene rings is 3. The third kappa shape index (κ3) is 4.91. The van der Waals surface area contributed by atoms with Crippen LogP contribution >= 0.6 is 0 Å². The number of hydrogen-bond donors (Lipinski definition) is 1. The molecule has 0 spiro atoms. The van der Waals surface area contributed by atoms with Crippen molar-refractivity contribution in [2.75, 3.05) is 10.5 Å². The van der Waals surface area contributed by atoms with Crippen LogP contribution in [0.1, 0.15) is 30.5 Å². The van der Waals surface area contributed by atoms with E-state index in [2.05, 4.69) is 9.82 Å². The first-order valence-electron chi connectivity index (χ1n) is 10.2. The molecular weight excluding hydrogens is 465 g/mol. The normalized spacial score (nSPS) is 16.5. The van der Waals surface area contributed by atoms with Gasteiger partial charge in [0.05, 0.1) is 22.4 Å². The monoisotopic (exact) mass is 487 g/mol. The first-order chi connectivity index (χ1) is 15.7. The van der Waals surface area contributed by atoms with Gasteiger partial charge < -0.3 is 0 Å². The molecule has 1 heterocycles. The summed E-state index contributed by atoms with van der Waals surface area (Å²) in [6, 6.07) is 19.6. The molecular formula is C23H22FN3O4S2. The van der Waals surface area contributed by atoms with Crippen LogP contribution in [0.3, 0.4) is 0 Å². The van der Waals surface area contributed by atoms with E-state index < -0.39 is 31.9 Å². The fourth-order valence-electron chi connectivity index (χ4n) is 3.53. The number of hydrogen-bond acceptors (Lipinski definition) is 5. The maximum Gasteiger partial charge on any atom is 0.279 e. The van der Waals surface area contributed by atoms with E-state index in [9.17, 15) is 21.2 Å². The Hall–Kier alpha value is -3.24. The van der Waals surface area contributed by atoms with Crippen LogP contribution in [0.25, 0.3) is 0 Å². The van der Waals surface area contributed by atoms with Gasteiger partial charge in [-0.2, -0.15) is 17.9 Å². The summed E-state index contributed by atoms with van der Waals surface area (Å²) in [5.41, 5.74) is 2.02. The van der Waals surface area contributed by atoms with Gasteiger partial charge in [-0.3, -0.25) is 4.72 Å². The Morgan fingerprint density at radius 2 is 1.67 bits per heavy atom. The van der Waals surface area contributed by atoms with Crippen molar-refractivity contribution in [2.45, 2.75) is 24.3 Å². The maximum absolute atomic E-state index is 13.5. The zero-order valence-corrected chi connectivity index (χ0v) is 19.4.